The van der Waals surface area contributed by atoms with Gasteiger partial charge in [0.05, 0.1) is 27.5 Å². The number of nitrogens with zero attached hydrogens (tertiary/aromatic N) is 2. The monoisotopic (exact) mass is 393 g/mol. The minimum absolute atomic E-state index is 0.441. The molecule has 0 heterocycles. The number of halogens is 1. The molecule has 2 aromatic carbocycles. The van der Waals surface area contributed by atoms with Gasteiger partial charge in [-0.1, -0.05) is 11.6 Å². The fourth-order valence-corrected chi connectivity index (χ4v) is 2.41. The van der Waals surface area contributed by atoms with Crippen molar-refractivity contribution in [2.75, 3.05) is 33.7 Å². The van der Waals surface area contributed by atoms with Crippen LogP contribution in [0.4, 0.5) is 5.69 Å². The van der Waals surface area contributed by atoms with Gasteiger partial charge in [-0.15, -0.1) is 0 Å². The molecular formula is C18H20ClN3O3S. The summed E-state index contributed by atoms with van der Waals surface area (Å²) in [7, 11) is 6.44. The Morgan fingerprint density at radius 1 is 1.08 bits per heavy atom. The number of thiocarbonyl (C=S) groups is 1. The number of hydrogen-bond donors (Lipinski definition) is 1. The average Bonchev–Trinajstić information content (AvgIpc) is 2.66. The molecule has 0 saturated carbocycles. The first kappa shape index (κ1) is 19.8. The lowest BCUT2D eigenvalue weighted by Crippen LogP contribution is -2.26. The van der Waals surface area contributed by atoms with Gasteiger partial charge in [-0.3, -0.25) is 0 Å². The Kier molecular flexibility index (Phi) is 7.06. The van der Waals surface area contributed by atoms with Crippen LogP contribution in [0.5, 0.6) is 17.2 Å². The number of hydrazone groups is 1. The Labute approximate surface area is 163 Å². The van der Waals surface area contributed by atoms with Crippen molar-refractivity contribution in [1.82, 2.24) is 5.01 Å². The van der Waals surface area contributed by atoms with Gasteiger partial charge in [0.25, 0.3) is 0 Å². The van der Waals surface area contributed by atoms with Gasteiger partial charge in [0, 0.05) is 23.3 Å². The molecule has 0 aliphatic heterocycles. The SMILES string of the molecule is COc1cc(/C=N/N(C)C(=S)Nc2ccc(Cl)cc2)cc(OC)c1OC. The van der Waals surface area contributed by atoms with Crippen LogP contribution >= 0.6 is 23.8 Å². The first-order valence-electron chi connectivity index (χ1n) is 7.62. The van der Waals surface area contributed by atoms with Crippen molar-refractivity contribution in [2.45, 2.75) is 0 Å². The second-order valence-electron chi connectivity index (χ2n) is 5.16. The van der Waals surface area contributed by atoms with E-state index in [0.29, 0.717) is 27.4 Å². The maximum absolute atomic E-state index is 5.88. The molecule has 0 spiro atoms. The first-order valence-corrected chi connectivity index (χ1v) is 8.41. The summed E-state index contributed by atoms with van der Waals surface area (Å²) in [6, 6.07) is 10.8. The quantitative estimate of drug-likeness (QED) is 0.454. The van der Waals surface area contributed by atoms with Crippen molar-refractivity contribution >= 4 is 40.8 Å². The highest BCUT2D eigenvalue weighted by molar-refractivity contribution is 7.80. The standard InChI is InChI=1S/C18H20ClN3O3S/c1-22(18(26)21-14-7-5-13(19)6-8-14)20-11-12-9-15(23-2)17(25-4)16(10-12)24-3/h5-11H,1-4H3,(H,21,26)/b20-11+. The summed E-state index contributed by atoms with van der Waals surface area (Å²) in [6.07, 6.45) is 1.65. The van der Waals surface area contributed by atoms with Crippen molar-refractivity contribution in [3.05, 3.63) is 47.0 Å². The maximum Gasteiger partial charge on any atom is 0.203 e. The van der Waals surface area contributed by atoms with Crippen LogP contribution < -0.4 is 19.5 Å². The third kappa shape index (κ3) is 5.00. The van der Waals surface area contributed by atoms with E-state index < -0.39 is 0 Å². The number of methoxy groups -OCH3 is 3. The molecule has 0 fully saturated rings. The largest absolute Gasteiger partial charge is 0.493 e. The van der Waals surface area contributed by atoms with Gasteiger partial charge in [-0.25, -0.2) is 5.01 Å². The minimum Gasteiger partial charge on any atom is -0.493 e. The van der Waals surface area contributed by atoms with Crippen molar-refractivity contribution in [2.24, 2.45) is 5.10 Å². The van der Waals surface area contributed by atoms with E-state index in [0.717, 1.165) is 11.3 Å². The zero-order valence-corrected chi connectivity index (χ0v) is 16.5. The molecule has 0 radical (unpaired) electrons. The normalized spacial score (nSPS) is 10.5. The van der Waals surface area contributed by atoms with Gasteiger partial charge in [0.1, 0.15) is 0 Å². The molecule has 6 nitrogen and oxygen atoms in total. The van der Waals surface area contributed by atoms with E-state index in [1.165, 1.54) is 0 Å². The van der Waals surface area contributed by atoms with Crippen molar-refractivity contribution < 1.29 is 14.2 Å². The summed E-state index contributed by atoms with van der Waals surface area (Å²) in [5.41, 5.74) is 1.61. The van der Waals surface area contributed by atoms with Crippen molar-refractivity contribution in [1.29, 1.82) is 0 Å². The van der Waals surface area contributed by atoms with Crippen LogP contribution in [0, 0.1) is 0 Å². The number of ether oxygens (including phenoxy) is 3. The highest BCUT2D eigenvalue weighted by Gasteiger charge is 2.12. The van der Waals surface area contributed by atoms with E-state index in [4.69, 9.17) is 38.0 Å². The molecule has 0 atom stereocenters. The zero-order chi connectivity index (χ0) is 19.1. The second kappa shape index (κ2) is 9.26. The minimum atomic E-state index is 0.441. The van der Waals surface area contributed by atoms with Crippen LogP contribution in [0.15, 0.2) is 41.5 Å². The molecule has 0 aliphatic carbocycles. The fraction of sp³-hybridized carbons (Fsp3) is 0.222. The van der Waals surface area contributed by atoms with Crippen molar-refractivity contribution in [3.8, 4) is 17.2 Å². The molecule has 0 bridgehead atoms. The van der Waals surface area contributed by atoms with E-state index >= 15 is 0 Å². The molecule has 8 heteroatoms. The Hall–Kier alpha value is -2.51. The summed E-state index contributed by atoms with van der Waals surface area (Å²) in [6.45, 7) is 0. The smallest absolute Gasteiger partial charge is 0.203 e. The van der Waals surface area contributed by atoms with Crippen molar-refractivity contribution in [3.63, 3.8) is 0 Å². The molecule has 26 heavy (non-hydrogen) atoms. The van der Waals surface area contributed by atoms with E-state index in [-0.39, 0.29) is 0 Å². The number of anilines is 1. The van der Waals surface area contributed by atoms with Gasteiger partial charge in [-0.2, -0.15) is 5.10 Å². The third-order valence-electron chi connectivity index (χ3n) is 3.46. The zero-order valence-electron chi connectivity index (χ0n) is 14.9. The first-order chi connectivity index (χ1) is 12.5. The maximum atomic E-state index is 5.88. The summed E-state index contributed by atoms with van der Waals surface area (Å²) in [5.74, 6) is 1.64. The highest BCUT2D eigenvalue weighted by Crippen LogP contribution is 2.37. The van der Waals surface area contributed by atoms with E-state index in [1.807, 2.05) is 12.1 Å². The molecule has 138 valence electrons. The van der Waals surface area contributed by atoms with E-state index in [2.05, 4.69) is 10.4 Å². The lowest BCUT2D eigenvalue weighted by molar-refractivity contribution is 0.324. The third-order valence-corrected chi connectivity index (χ3v) is 4.07. The topological polar surface area (TPSA) is 55.3 Å². The lowest BCUT2D eigenvalue weighted by atomic mass is 10.2. The average molecular weight is 394 g/mol. The molecule has 0 amide bonds. The van der Waals surface area contributed by atoms with Crippen LogP contribution in [0.2, 0.25) is 5.02 Å². The lowest BCUT2D eigenvalue weighted by Gasteiger charge is -2.16. The Balaban J connectivity index is 2.12. The Bertz CT molecular complexity index is 772. The number of benzene rings is 2. The van der Waals surface area contributed by atoms with Gasteiger partial charge >= 0.3 is 0 Å². The summed E-state index contributed by atoms with van der Waals surface area (Å²) >= 11 is 11.2. The molecule has 0 saturated heterocycles. The number of nitrogens with one attached hydrogen (secondary N) is 1. The molecule has 0 aromatic heterocycles. The molecule has 2 rings (SSSR count). The fourth-order valence-electron chi connectivity index (χ4n) is 2.12. The van der Waals surface area contributed by atoms with Gasteiger partial charge in [0.15, 0.2) is 16.6 Å². The predicted molar refractivity (Wildman–Crippen MR) is 109 cm³/mol. The van der Waals surface area contributed by atoms with Crippen LogP contribution in [0.3, 0.4) is 0 Å². The molecule has 2 aromatic rings. The van der Waals surface area contributed by atoms with Gasteiger partial charge in [0.2, 0.25) is 5.75 Å². The van der Waals surface area contributed by atoms with Gasteiger partial charge in [-0.05, 0) is 48.6 Å². The molecule has 0 unspecified atom stereocenters. The van der Waals surface area contributed by atoms with Crippen LogP contribution in [-0.2, 0) is 0 Å². The Morgan fingerprint density at radius 2 is 1.65 bits per heavy atom. The summed E-state index contributed by atoms with van der Waals surface area (Å²) in [4.78, 5) is 0. The predicted octanol–water partition coefficient (Wildman–Crippen LogP) is 4.03. The summed E-state index contributed by atoms with van der Waals surface area (Å²) < 4.78 is 16.0. The number of rotatable bonds is 6. The highest BCUT2D eigenvalue weighted by atomic mass is 35.5. The Morgan fingerprint density at radius 3 is 2.15 bits per heavy atom. The molecule has 1 N–H and O–H groups in total. The van der Waals surface area contributed by atoms with E-state index in [9.17, 15) is 0 Å². The molecule has 0 aliphatic rings. The number of hydrogen-bond acceptors (Lipinski definition) is 5. The van der Waals surface area contributed by atoms with Crippen LogP contribution in [-0.4, -0.2) is 44.7 Å². The van der Waals surface area contributed by atoms with Gasteiger partial charge < -0.3 is 19.5 Å². The van der Waals surface area contributed by atoms with Crippen LogP contribution in [0.25, 0.3) is 0 Å². The molecular weight excluding hydrogens is 374 g/mol. The summed E-state index contributed by atoms with van der Waals surface area (Å²) in [5, 5.41) is 10.1. The van der Waals surface area contributed by atoms with E-state index in [1.54, 1.807) is 63.9 Å². The second-order valence-corrected chi connectivity index (χ2v) is 5.99. The van der Waals surface area contributed by atoms with Crippen LogP contribution in [0.1, 0.15) is 5.56 Å².